The first kappa shape index (κ1) is 18.1. The predicted molar refractivity (Wildman–Crippen MR) is 102 cm³/mol. The molecule has 2 aromatic heterocycles. The molecule has 1 aliphatic rings. The Bertz CT molecular complexity index is 1020. The number of piperidine rings is 1. The van der Waals surface area contributed by atoms with Gasteiger partial charge in [0.05, 0.1) is 18.2 Å². The van der Waals surface area contributed by atoms with Gasteiger partial charge in [-0.3, -0.25) is 9.59 Å². The lowest BCUT2D eigenvalue weighted by Gasteiger charge is -2.31. The van der Waals surface area contributed by atoms with Gasteiger partial charge in [-0.2, -0.15) is 4.68 Å². The second-order valence-corrected chi connectivity index (χ2v) is 6.74. The van der Waals surface area contributed by atoms with Gasteiger partial charge in [0, 0.05) is 24.8 Å². The van der Waals surface area contributed by atoms with E-state index in [0.29, 0.717) is 42.1 Å². The van der Waals surface area contributed by atoms with Gasteiger partial charge >= 0.3 is 5.97 Å². The molecule has 1 aromatic carbocycles. The van der Waals surface area contributed by atoms with Crippen molar-refractivity contribution in [3.63, 3.8) is 0 Å². The summed E-state index contributed by atoms with van der Waals surface area (Å²) in [5, 5.41) is 8.26. The molecule has 1 amide bonds. The van der Waals surface area contributed by atoms with Crippen molar-refractivity contribution in [2.24, 2.45) is 5.92 Å². The van der Waals surface area contributed by atoms with E-state index in [1.807, 2.05) is 18.2 Å². The van der Waals surface area contributed by atoms with Gasteiger partial charge in [0.1, 0.15) is 5.52 Å². The molecule has 1 aliphatic heterocycles. The van der Waals surface area contributed by atoms with E-state index in [0.717, 1.165) is 12.8 Å². The van der Waals surface area contributed by atoms with Crippen LogP contribution < -0.4 is 0 Å². The standard InChI is InChI=1S/C20H21N5O3/c1-2-28-20(27)15-7-5-11-24(13-15)19(26)14-6-3-8-16(12-14)25-18-17(22-23-25)9-4-10-21-18/h3-4,6,8-10,12,15H,2,5,7,11,13H2,1H3. The first-order valence-electron chi connectivity index (χ1n) is 9.40. The van der Waals surface area contributed by atoms with Gasteiger partial charge in [0.15, 0.2) is 5.65 Å². The van der Waals surface area contributed by atoms with Crippen LogP contribution in [0.25, 0.3) is 16.9 Å². The minimum absolute atomic E-state index is 0.103. The Morgan fingerprint density at radius 3 is 3.00 bits per heavy atom. The summed E-state index contributed by atoms with van der Waals surface area (Å²) in [5.41, 5.74) is 2.58. The van der Waals surface area contributed by atoms with Gasteiger partial charge in [-0.05, 0) is 50.1 Å². The molecule has 3 heterocycles. The highest BCUT2D eigenvalue weighted by Crippen LogP contribution is 2.21. The van der Waals surface area contributed by atoms with Gasteiger partial charge in [-0.25, -0.2) is 4.98 Å². The molecule has 0 spiro atoms. The number of amides is 1. The van der Waals surface area contributed by atoms with Gasteiger partial charge in [-0.15, -0.1) is 5.10 Å². The average Bonchev–Trinajstić information content (AvgIpc) is 3.18. The lowest BCUT2D eigenvalue weighted by Crippen LogP contribution is -2.42. The number of hydrogen-bond acceptors (Lipinski definition) is 6. The largest absolute Gasteiger partial charge is 0.466 e. The number of likely N-dealkylation sites (tertiary alicyclic amines) is 1. The number of hydrogen-bond donors (Lipinski definition) is 0. The first-order valence-corrected chi connectivity index (χ1v) is 9.40. The Kier molecular flexibility index (Phi) is 5.01. The van der Waals surface area contributed by atoms with Crippen LogP contribution in [-0.4, -0.2) is 56.5 Å². The van der Waals surface area contributed by atoms with E-state index in [-0.39, 0.29) is 17.8 Å². The molecule has 0 saturated carbocycles. The highest BCUT2D eigenvalue weighted by molar-refractivity contribution is 5.95. The van der Waals surface area contributed by atoms with Crippen LogP contribution in [0.2, 0.25) is 0 Å². The number of pyridine rings is 1. The van der Waals surface area contributed by atoms with E-state index < -0.39 is 0 Å². The zero-order valence-corrected chi connectivity index (χ0v) is 15.6. The van der Waals surface area contributed by atoms with E-state index >= 15 is 0 Å². The first-order chi connectivity index (χ1) is 13.7. The van der Waals surface area contributed by atoms with Crippen molar-refractivity contribution < 1.29 is 14.3 Å². The lowest BCUT2D eigenvalue weighted by molar-refractivity contribution is -0.149. The Labute approximate surface area is 162 Å². The Morgan fingerprint density at radius 2 is 2.14 bits per heavy atom. The van der Waals surface area contributed by atoms with Gasteiger partial charge in [0.2, 0.25) is 0 Å². The van der Waals surface area contributed by atoms with Crippen molar-refractivity contribution in [3.05, 3.63) is 48.2 Å². The number of esters is 1. The molecule has 28 heavy (non-hydrogen) atoms. The molecule has 8 heteroatoms. The summed E-state index contributed by atoms with van der Waals surface area (Å²) < 4.78 is 6.74. The van der Waals surface area contributed by atoms with Gasteiger partial charge < -0.3 is 9.64 Å². The second-order valence-electron chi connectivity index (χ2n) is 6.74. The number of fused-ring (bicyclic) bond motifs is 1. The zero-order valence-electron chi connectivity index (χ0n) is 15.6. The van der Waals surface area contributed by atoms with Crippen LogP contribution >= 0.6 is 0 Å². The smallest absolute Gasteiger partial charge is 0.310 e. The second kappa shape index (κ2) is 7.75. The van der Waals surface area contributed by atoms with E-state index in [2.05, 4.69) is 15.3 Å². The maximum Gasteiger partial charge on any atom is 0.310 e. The minimum Gasteiger partial charge on any atom is -0.466 e. The number of aromatic nitrogens is 4. The number of nitrogens with zero attached hydrogens (tertiary/aromatic N) is 5. The Balaban J connectivity index is 1.57. The van der Waals surface area contributed by atoms with Crippen molar-refractivity contribution in [1.82, 2.24) is 24.9 Å². The van der Waals surface area contributed by atoms with Crippen LogP contribution in [-0.2, 0) is 9.53 Å². The molecule has 0 N–H and O–H groups in total. The molecule has 0 radical (unpaired) electrons. The van der Waals surface area contributed by atoms with Crippen LogP contribution in [0.15, 0.2) is 42.6 Å². The van der Waals surface area contributed by atoms with Crippen molar-refractivity contribution >= 4 is 23.0 Å². The molecule has 1 fully saturated rings. The maximum atomic E-state index is 13.0. The number of ether oxygens (including phenoxy) is 1. The monoisotopic (exact) mass is 379 g/mol. The van der Waals surface area contributed by atoms with Crippen LogP contribution in [0.5, 0.6) is 0 Å². The normalized spacial score (nSPS) is 16.9. The molecule has 8 nitrogen and oxygen atoms in total. The summed E-state index contributed by atoms with van der Waals surface area (Å²) >= 11 is 0. The summed E-state index contributed by atoms with van der Waals surface area (Å²) in [6, 6.07) is 10.9. The molecular weight excluding hydrogens is 358 g/mol. The van der Waals surface area contributed by atoms with E-state index in [1.165, 1.54) is 0 Å². The summed E-state index contributed by atoms with van der Waals surface area (Å²) in [6.45, 7) is 3.16. The number of carbonyl (C=O) groups is 2. The third-order valence-electron chi connectivity index (χ3n) is 4.87. The van der Waals surface area contributed by atoms with Gasteiger partial charge in [0.25, 0.3) is 5.91 Å². The van der Waals surface area contributed by atoms with E-state index in [1.54, 1.807) is 40.9 Å². The highest BCUT2D eigenvalue weighted by atomic mass is 16.5. The van der Waals surface area contributed by atoms with E-state index in [4.69, 9.17) is 4.74 Å². The molecule has 3 aromatic rings. The summed E-state index contributed by atoms with van der Waals surface area (Å²) in [6.07, 6.45) is 3.21. The lowest BCUT2D eigenvalue weighted by atomic mass is 9.97. The average molecular weight is 379 g/mol. The molecular formula is C20H21N5O3. The number of carbonyl (C=O) groups excluding carboxylic acids is 2. The fourth-order valence-electron chi connectivity index (χ4n) is 3.51. The molecule has 0 aliphatic carbocycles. The highest BCUT2D eigenvalue weighted by Gasteiger charge is 2.30. The minimum atomic E-state index is -0.260. The summed E-state index contributed by atoms with van der Waals surface area (Å²) in [5.74, 6) is -0.591. The van der Waals surface area contributed by atoms with Crippen molar-refractivity contribution in [3.8, 4) is 5.69 Å². The molecule has 1 atom stereocenters. The van der Waals surface area contributed by atoms with Crippen molar-refractivity contribution in [2.45, 2.75) is 19.8 Å². The molecule has 144 valence electrons. The SMILES string of the molecule is CCOC(=O)C1CCCN(C(=O)c2cccc(-n3nnc4cccnc43)c2)C1. The van der Waals surface area contributed by atoms with Crippen LogP contribution in [0.4, 0.5) is 0 Å². The van der Waals surface area contributed by atoms with Crippen LogP contribution in [0.1, 0.15) is 30.1 Å². The third kappa shape index (κ3) is 3.45. The Morgan fingerprint density at radius 1 is 1.25 bits per heavy atom. The molecule has 1 saturated heterocycles. The topological polar surface area (TPSA) is 90.2 Å². The zero-order chi connectivity index (χ0) is 19.5. The fourth-order valence-corrected chi connectivity index (χ4v) is 3.51. The van der Waals surface area contributed by atoms with Crippen LogP contribution in [0, 0.1) is 5.92 Å². The number of benzene rings is 1. The van der Waals surface area contributed by atoms with Crippen molar-refractivity contribution in [2.75, 3.05) is 19.7 Å². The van der Waals surface area contributed by atoms with Crippen LogP contribution in [0.3, 0.4) is 0 Å². The molecule has 1 unspecified atom stereocenters. The fraction of sp³-hybridized carbons (Fsp3) is 0.350. The maximum absolute atomic E-state index is 13.0. The molecule has 0 bridgehead atoms. The summed E-state index contributed by atoms with van der Waals surface area (Å²) in [4.78, 5) is 31.1. The predicted octanol–water partition coefficient (Wildman–Crippen LogP) is 2.23. The Hall–Kier alpha value is -3.29. The van der Waals surface area contributed by atoms with Gasteiger partial charge in [-0.1, -0.05) is 11.3 Å². The third-order valence-corrected chi connectivity index (χ3v) is 4.87. The quantitative estimate of drug-likeness (QED) is 0.646. The van der Waals surface area contributed by atoms with Crippen molar-refractivity contribution in [1.29, 1.82) is 0 Å². The number of rotatable bonds is 4. The van der Waals surface area contributed by atoms with E-state index in [9.17, 15) is 9.59 Å². The summed E-state index contributed by atoms with van der Waals surface area (Å²) in [7, 11) is 0. The molecule has 4 rings (SSSR count).